The fourth-order valence-electron chi connectivity index (χ4n) is 0.420. The van der Waals surface area contributed by atoms with Crippen molar-refractivity contribution >= 4 is 17.1 Å². The predicted octanol–water partition coefficient (Wildman–Crippen LogP) is 2.51. The summed E-state index contributed by atoms with van der Waals surface area (Å²) in [6, 6.07) is 0. The Morgan fingerprint density at radius 3 is 2.00 bits per heavy atom. The molecular formula is C6H11FS. The van der Waals surface area contributed by atoms with Crippen molar-refractivity contribution in [3.05, 3.63) is 0 Å². The number of hydrogen-bond acceptors (Lipinski definition) is 1. The number of thiocarbonyl (C=S) groups is 1. The van der Waals surface area contributed by atoms with Gasteiger partial charge in [0.05, 0.1) is 0 Å². The van der Waals surface area contributed by atoms with E-state index in [0.29, 0.717) is 11.3 Å². The third-order valence-corrected chi connectivity index (χ3v) is 1.76. The molecule has 0 aliphatic rings. The minimum absolute atomic E-state index is 0.498. The van der Waals surface area contributed by atoms with Crippen LogP contribution in [-0.4, -0.2) is 10.5 Å². The van der Waals surface area contributed by atoms with Gasteiger partial charge in [-0.3, -0.25) is 0 Å². The maximum absolute atomic E-state index is 12.6. The zero-order valence-corrected chi connectivity index (χ0v) is 6.31. The molecule has 0 saturated heterocycles. The molecule has 0 unspecified atom stereocenters. The Hall–Kier alpha value is 0.0200. The van der Waals surface area contributed by atoms with Crippen molar-refractivity contribution in [2.24, 2.45) is 0 Å². The summed E-state index contributed by atoms with van der Waals surface area (Å²) in [5, 5.41) is 0. The van der Waals surface area contributed by atoms with Gasteiger partial charge in [0.2, 0.25) is 0 Å². The quantitative estimate of drug-likeness (QED) is 0.523. The van der Waals surface area contributed by atoms with E-state index in [1.807, 2.05) is 6.92 Å². The lowest BCUT2D eigenvalue weighted by atomic mass is 10.1. The Kier molecular flexibility index (Phi) is 2.54. The molecule has 8 heavy (non-hydrogen) atoms. The minimum Gasteiger partial charge on any atom is -0.239 e. The molecule has 0 aromatic carbocycles. The molecule has 0 N–H and O–H groups in total. The molecule has 0 heterocycles. The summed E-state index contributed by atoms with van der Waals surface area (Å²) in [7, 11) is 0. The summed E-state index contributed by atoms with van der Waals surface area (Å²) in [6.07, 6.45) is 0.652. The predicted molar refractivity (Wildman–Crippen MR) is 38.1 cm³/mol. The first-order valence-electron chi connectivity index (χ1n) is 2.70. The van der Waals surface area contributed by atoms with E-state index in [0.717, 1.165) is 0 Å². The van der Waals surface area contributed by atoms with Gasteiger partial charge in [0.1, 0.15) is 5.67 Å². The number of halogens is 1. The molecule has 0 aliphatic heterocycles. The van der Waals surface area contributed by atoms with Crippen molar-refractivity contribution in [3.8, 4) is 0 Å². The van der Waals surface area contributed by atoms with Crippen LogP contribution in [0.2, 0.25) is 0 Å². The topological polar surface area (TPSA) is 0 Å². The zero-order chi connectivity index (χ0) is 6.78. The van der Waals surface area contributed by atoms with Crippen molar-refractivity contribution in [2.75, 3.05) is 0 Å². The first kappa shape index (κ1) is 8.02. The number of rotatable bonds is 2. The van der Waals surface area contributed by atoms with Crippen LogP contribution in [0.4, 0.5) is 4.39 Å². The molecule has 0 saturated carbocycles. The van der Waals surface area contributed by atoms with Crippen molar-refractivity contribution in [3.63, 3.8) is 0 Å². The van der Waals surface area contributed by atoms with Crippen LogP contribution in [0.1, 0.15) is 27.2 Å². The van der Waals surface area contributed by atoms with Gasteiger partial charge in [-0.05, 0) is 20.3 Å². The highest BCUT2D eigenvalue weighted by Gasteiger charge is 2.19. The summed E-state index contributed by atoms with van der Waals surface area (Å²) >= 11 is 4.72. The number of alkyl halides is 1. The average Bonchev–Trinajstić information content (AvgIpc) is 1.62. The Bertz CT molecular complexity index is 91.2. The second kappa shape index (κ2) is 2.53. The summed E-state index contributed by atoms with van der Waals surface area (Å²) in [5.41, 5.74) is -1.26. The first-order valence-corrected chi connectivity index (χ1v) is 3.11. The van der Waals surface area contributed by atoms with Gasteiger partial charge in [-0.25, -0.2) is 4.39 Å². The van der Waals surface area contributed by atoms with Crippen molar-refractivity contribution in [1.82, 2.24) is 0 Å². The highest BCUT2D eigenvalue weighted by molar-refractivity contribution is 7.80. The van der Waals surface area contributed by atoms with Gasteiger partial charge in [0, 0.05) is 4.86 Å². The highest BCUT2D eigenvalue weighted by atomic mass is 32.1. The van der Waals surface area contributed by atoms with Crippen LogP contribution in [0.15, 0.2) is 0 Å². The molecule has 0 spiro atoms. The van der Waals surface area contributed by atoms with Crippen LogP contribution in [0.5, 0.6) is 0 Å². The van der Waals surface area contributed by atoms with Gasteiger partial charge in [0.25, 0.3) is 0 Å². The van der Waals surface area contributed by atoms with Crippen LogP contribution >= 0.6 is 12.2 Å². The van der Waals surface area contributed by atoms with Crippen molar-refractivity contribution in [1.29, 1.82) is 0 Å². The Morgan fingerprint density at radius 1 is 1.62 bits per heavy atom. The van der Waals surface area contributed by atoms with Crippen molar-refractivity contribution < 1.29 is 4.39 Å². The Labute approximate surface area is 55.1 Å². The Balaban J connectivity index is 3.82. The molecule has 0 nitrogen and oxygen atoms in total. The molecular weight excluding hydrogens is 123 g/mol. The molecule has 0 fully saturated rings. The smallest absolute Gasteiger partial charge is 0.136 e. The third-order valence-electron chi connectivity index (χ3n) is 0.984. The molecule has 0 bridgehead atoms. The van der Waals surface area contributed by atoms with E-state index in [2.05, 4.69) is 0 Å². The van der Waals surface area contributed by atoms with E-state index < -0.39 is 5.67 Å². The standard InChI is InChI=1S/C6H11FS/c1-4-5(8)6(2,3)7/h4H2,1-3H3. The average molecular weight is 134 g/mol. The minimum atomic E-state index is -1.26. The highest BCUT2D eigenvalue weighted by Crippen LogP contribution is 2.12. The number of hydrogen-bond donors (Lipinski definition) is 0. The lowest BCUT2D eigenvalue weighted by Crippen LogP contribution is -2.22. The molecule has 0 aliphatic carbocycles. The summed E-state index contributed by atoms with van der Waals surface area (Å²) in [5.74, 6) is 0. The zero-order valence-electron chi connectivity index (χ0n) is 5.49. The first-order chi connectivity index (χ1) is 3.48. The van der Waals surface area contributed by atoms with E-state index in [4.69, 9.17) is 12.2 Å². The molecule has 2 heteroatoms. The van der Waals surface area contributed by atoms with Gasteiger partial charge in [-0.15, -0.1) is 0 Å². The van der Waals surface area contributed by atoms with Gasteiger partial charge in [-0.2, -0.15) is 0 Å². The molecule has 0 rings (SSSR count). The molecule has 0 atom stereocenters. The van der Waals surface area contributed by atoms with E-state index in [-0.39, 0.29) is 0 Å². The normalized spacial score (nSPS) is 11.5. The molecule has 0 aromatic rings. The monoisotopic (exact) mass is 134 g/mol. The van der Waals surface area contributed by atoms with Crippen molar-refractivity contribution in [2.45, 2.75) is 32.9 Å². The maximum Gasteiger partial charge on any atom is 0.136 e. The van der Waals surface area contributed by atoms with Crippen LogP contribution < -0.4 is 0 Å². The Morgan fingerprint density at radius 2 is 2.00 bits per heavy atom. The van der Waals surface area contributed by atoms with E-state index >= 15 is 0 Å². The van der Waals surface area contributed by atoms with E-state index in [9.17, 15) is 4.39 Å². The second-order valence-corrected chi connectivity index (χ2v) is 2.74. The second-order valence-electron chi connectivity index (χ2n) is 2.25. The van der Waals surface area contributed by atoms with Gasteiger partial charge in [-0.1, -0.05) is 19.1 Å². The van der Waals surface area contributed by atoms with Gasteiger partial charge < -0.3 is 0 Å². The van der Waals surface area contributed by atoms with Crippen LogP contribution in [0.25, 0.3) is 0 Å². The maximum atomic E-state index is 12.6. The summed E-state index contributed by atoms with van der Waals surface area (Å²) in [6.45, 7) is 4.83. The van der Waals surface area contributed by atoms with E-state index in [1.54, 1.807) is 0 Å². The van der Waals surface area contributed by atoms with E-state index in [1.165, 1.54) is 13.8 Å². The molecule has 48 valence electrons. The lowest BCUT2D eigenvalue weighted by molar-refractivity contribution is 0.314. The summed E-state index contributed by atoms with van der Waals surface area (Å²) in [4.78, 5) is 0.498. The molecule has 0 aromatic heterocycles. The van der Waals surface area contributed by atoms with Crippen LogP contribution in [-0.2, 0) is 0 Å². The van der Waals surface area contributed by atoms with Crippen LogP contribution in [0, 0.1) is 0 Å². The largest absolute Gasteiger partial charge is 0.239 e. The fraction of sp³-hybridized carbons (Fsp3) is 0.833. The molecule has 0 amide bonds. The fourth-order valence-corrected chi connectivity index (χ4v) is 0.420. The third kappa shape index (κ3) is 2.36. The molecule has 0 radical (unpaired) electrons. The summed E-state index contributed by atoms with van der Waals surface area (Å²) < 4.78 is 12.6. The van der Waals surface area contributed by atoms with Crippen LogP contribution in [0.3, 0.4) is 0 Å². The lowest BCUT2D eigenvalue weighted by Gasteiger charge is -2.12. The van der Waals surface area contributed by atoms with Gasteiger partial charge >= 0.3 is 0 Å². The SMILES string of the molecule is CCC(=S)C(C)(C)F. The van der Waals surface area contributed by atoms with Gasteiger partial charge in [0.15, 0.2) is 0 Å².